The van der Waals surface area contributed by atoms with Crippen LogP contribution in [0.3, 0.4) is 0 Å². The summed E-state index contributed by atoms with van der Waals surface area (Å²) in [6, 6.07) is 6.51. The average Bonchev–Trinajstić information content (AvgIpc) is 2.43. The summed E-state index contributed by atoms with van der Waals surface area (Å²) in [6.07, 6.45) is 0. The number of hydrogen-bond donors (Lipinski definition) is 1. The van der Waals surface area contributed by atoms with Crippen LogP contribution in [-0.2, 0) is 14.6 Å². The highest BCUT2D eigenvalue weighted by atomic mass is 79.9. The summed E-state index contributed by atoms with van der Waals surface area (Å²) in [5.41, 5.74) is 0. The molecule has 0 aromatic heterocycles. The zero-order chi connectivity index (χ0) is 16.0. The van der Waals surface area contributed by atoms with Crippen LogP contribution in [0, 0.1) is 5.92 Å². The van der Waals surface area contributed by atoms with Gasteiger partial charge in [0.1, 0.15) is 0 Å². The lowest BCUT2D eigenvalue weighted by molar-refractivity contribution is -0.141. The molecule has 1 aromatic carbocycles. The second kappa shape index (κ2) is 7.91. The second-order valence-electron chi connectivity index (χ2n) is 4.91. The predicted octanol–water partition coefficient (Wildman–Crippen LogP) is 2.27. The maximum absolute atomic E-state index is 12.2. The number of nitrogens with zero attached hydrogens (tertiary/aromatic N) is 1. The maximum Gasteiger partial charge on any atom is 0.307 e. The first-order valence-electron chi connectivity index (χ1n) is 6.69. The molecule has 7 heteroatoms. The number of sulfone groups is 1. The Balaban J connectivity index is 2.67. The summed E-state index contributed by atoms with van der Waals surface area (Å²) < 4.78 is 25.3. The highest BCUT2D eigenvalue weighted by Gasteiger charge is 2.19. The van der Waals surface area contributed by atoms with Crippen LogP contribution < -0.4 is 0 Å². The molecule has 5 nitrogen and oxygen atoms in total. The normalized spacial score (nSPS) is 13.3. The Morgan fingerprint density at radius 1 is 1.33 bits per heavy atom. The van der Waals surface area contributed by atoms with E-state index in [2.05, 4.69) is 15.9 Å². The molecule has 0 aliphatic rings. The molecule has 0 saturated heterocycles. The summed E-state index contributed by atoms with van der Waals surface area (Å²) >= 11 is 3.27. The fourth-order valence-electron chi connectivity index (χ4n) is 1.85. The summed E-state index contributed by atoms with van der Waals surface area (Å²) in [6.45, 7) is 4.80. The van der Waals surface area contributed by atoms with Gasteiger partial charge >= 0.3 is 5.97 Å². The van der Waals surface area contributed by atoms with Gasteiger partial charge in [-0.15, -0.1) is 0 Å². The van der Waals surface area contributed by atoms with Gasteiger partial charge in [-0.05, 0) is 30.8 Å². The largest absolute Gasteiger partial charge is 0.481 e. The molecule has 0 spiro atoms. The zero-order valence-electron chi connectivity index (χ0n) is 12.1. The molecule has 0 saturated carbocycles. The van der Waals surface area contributed by atoms with Gasteiger partial charge in [0, 0.05) is 17.6 Å². The van der Waals surface area contributed by atoms with E-state index in [0.717, 1.165) is 4.47 Å². The molecule has 0 fully saturated rings. The van der Waals surface area contributed by atoms with E-state index in [1.165, 1.54) is 0 Å². The quantitative estimate of drug-likeness (QED) is 0.751. The van der Waals surface area contributed by atoms with Gasteiger partial charge < -0.3 is 10.0 Å². The zero-order valence-corrected chi connectivity index (χ0v) is 14.5. The lowest BCUT2D eigenvalue weighted by Crippen LogP contribution is -2.35. The second-order valence-corrected chi connectivity index (χ2v) is 7.93. The first-order chi connectivity index (χ1) is 9.76. The van der Waals surface area contributed by atoms with Crippen molar-refractivity contribution in [3.63, 3.8) is 0 Å². The van der Waals surface area contributed by atoms with Gasteiger partial charge in [-0.25, -0.2) is 8.42 Å². The van der Waals surface area contributed by atoms with Crippen LogP contribution in [0.5, 0.6) is 0 Å². The number of carboxylic acids is 1. The number of benzene rings is 1. The third-order valence-electron chi connectivity index (χ3n) is 3.25. The Morgan fingerprint density at radius 3 is 2.38 bits per heavy atom. The van der Waals surface area contributed by atoms with Crippen LogP contribution in [0.2, 0.25) is 0 Å². The fourth-order valence-corrected chi connectivity index (χ4v) is 3.40. The van der Waals surface area contributed by atoms with E-state index in [1.807, 2.05) is 11.8 Å². The van der Waals surface area contributed by atoms with Crippen molar-refractivity contribution in [2.75, 3.05) is 25.4 Å². The van der Waals surface area contributed by atoms with Crippen molar-refractivity contribution >= 4 is 31.7 Å². The summed E-state index contributed by atoms with van der Waals surface area (Å²) in [5.74, 6) is -1.40. The van der Waals surface area contributed by atoms with Gasteiger partial charge in [-0.1, -0.05) is 29.8 Å². The first-order valence-corrected chi connectivity index (χ1v) is 9.14. The highest BCUT2D eigenvalue weighted by molar-refractivity contribution is 9.10. The molecule has 1 rings (SSSR count). The van der Waals surface area contributed by atoms with E-state index in [0.29, 0.717) is 19.6 Å². The van der Waals surface area contributed by atoms with Gasteiger partial charge in [-0.3, -0.25) is 4.79 Å². The maximum atomic E-state index is 12.2. The molecular weight excluding hydrogens is 358 g/mol. The third kappa shape index (κ3) is 5.76. The Morgan fingerprint density at radius 2 is 1.90 bits per heavy atom. The number of rotatable bonds is 8. The topological polar surface area (TPSA) is 74.7 Å². The van der Waals surface area contributed by atoms with Crippen molar-refractivity contribution in [1.82, 2.24) is 4.90 Å². The van der Waals surface area contributed by atoms with E-state index < -0.39 is 21.7 Å². The minimum absolute atomic E-state index is 0.0190. The summed E-state index contributed by atoms with van der Waals surface area (Å²) in [5, 5.41) is 8.91. The SMILES string of the molecule is CCN(CCS(=O)(=O)c1ccc(Br)cc1)CC(C)C(=O)O. The Kier molecular flexibility index (Phi) is 6.83. The van der Waals surface area contributed by atoms with Gasteiger partial charge in [0.15, 0.2) is 9.84 Å². The number of halogens is 1. The molecule has 0 radical (unpaired) electrons. The first kappa shape index (κ1) is 18.1. The number of carboxylic acid groups (broad SMARTS) is 1. The van der Waals surface area contributed by atoms with Crippen LogP contribution in [0.25, 0.3) is 0 Å². The van der Waals surface area contributed by atoms with Gasteiger partial charge in [0.2, 0.25) is 0 Å². The minimum atomic E-state index is -3.35. The van der Waals surface area contributed by atoms with E-state index in [9.17, 15) is 13.2 Å². The van der Waals surface area contributed by atoms with Crippen molar-refractivity contribution in [2.45, 2.75) is 18.7 Å². The fraction of sp³-hybridized carbons (Fsp3) is 0.500. The van der Waals surface area contributed by atoms with Crippen molar-refractivity contribution in [3.05, 3.63) is 28.7 Å². The summed E-state index contributed by atoms with van der Waals surface area (Å²) in [7, 11) is -3.35. The molecule has 0 heterocycles. The van der Waals surface area contributed by atoms with E-state index in [1.54, 1.807) is 31.2 Å². The third-order valence-corrected chi connectivity index (χ3v) is 5.49. The lowest BCUT2D eigenvalue weighted by atomic mass is 10.2. The average molecular weight is 378 g/mol. The Hall–Kier alpha value is -0.920. The molecule has 1 unspecified atom stereocenters. The Bertz CT molecular complexity index is 571. The van der Waals surface area contributed by atoms with Gasteiger partial charge in [0.05, 0.1) is 16.6 Å². The van der Waals surface area contributed by atoms with Crippen molar-refractivity contribution in [3.8, 4) is 0 Å². The molecule has 1 N–H and O–H groups in total. The van der Waals surface area contributed by atoms with Crippen LogP contribution in [0.4, 0.5) is 0 Å². The highest BCUT2D eigenvalue weighted by Crippen LogP contribution is 2.16. The minimum Gasteiger partial charge on any atom is -0.481 e. The van der Waals surface area contributed by atoms with Crippen molar-refractivity contribution in [2.24, 2.45) is 5.92 Å². The van der Waals surface area contributed by atoms with E-state index in [-0.39, 0.29) is 10.6 Å². The predicted molar refractivity (Wildman–Crippen MR) is 85.1 cm³/mol. The molecule has 0 aliphatic carbocycles. The smallest absolute Gasteiger partial charge is 0.307 e. The molecule has 0 amide bonds. The van der Waals surface area contributed by atoms with Crippen LogP contribution >= 0.6 is 15.9 Å². The molecule has 0 aliphatic heterocycles. The molecule has 0 bridgehead atoms. The molecule has 1 atom stereocenters. The van der Waals surface area contributed by atoms with Gasteiger partial charge in [-0.2, -0.15) is 0 Å². The van der Waals surface area contributed by atoms with Crippen LogP contribution in [0.15, 0.2) is 33.6 Å². The van der Waals surface area contributed by atoms with E-state index >= 15 is 0 Å². The summed E-state index contributed by atoms with van der Waals surface area (Å²) in [4.78, 5) is 13.0. The molecule has 1 aromatic rings. The molecular formula is C14H20BrNO4S. The monoisotopic (exact) mass is 377 g/mol. The van der Waals surface area contributed by atoms with Crippen molar-refractivity contribution < 1.29 is 18.3 Å². The standard InChI is InChI=1S/C14H20BrNO4S/c1-3-16(10-11(2)14(17)18)8-9-21(19,20)13-6-4-12(15)5-7-13/h4-7,11H,3,8-10H2,1-2H3,(H,17,18). The molecule has 118 valence electrons. The number of aliphatic carboxylic acids is 1. The van der Waals surface area contributed by atoms with Crippen molar-refractivity contribution in [1.29, 1.82) is 0 Å². The lowest BCUT2D eigenvalue weighted by Gasteiger charge is -2.22. The number of hydrogen-bond acceptors (Lipinski definition) is 4. The number of carbonyl (C=O) groups is 1. The Labute approximate surface area is 134 Å². The van der Waals surface area contributed by atoms with Crippen LogP contribution in [0.1, 0.15) is 13.8 Å². The van der Waals surface area contributed by atoms with Crippen LogP contribution in [-0.4, -0.2) is 49.8 Å². The van der Waals surface area contributed by atoms with Gasteiger partial charge in [0.25, 0.3) is 0 Å². The molecule has 21 heavy (non-hydrogen) atoms. The van der Waals surface area contributed by atoms with E-state index in [4.69, 9.17) is 5.11 Å².